The fourth-order valence-corrected chi connectivity index (χ4v) is 10.4. The van der Waals surface area contributed by atoms with E-state index in [1.165, 1.54) is 0 Å². The third kappa shape index (κ3) is 7.53. The zero-order valence-corrected chi connectivity index (χ0v) is 34.7. The van der Waals surface area contributed by atoms with Crippen LogP contribution >= 0.6 is 11.6 Å². The molecule has 3 saturated heterocycles. The van der Waals surface area contributed by atoms with Crippen LogP contribution in [0.15, 0.2) is 60.7 Å². The van der Waals surface area contributed by atoms with Gasteiger partial charge in [0.1, 0.15) is 24.0 Å². The molecule has 0 spiro atoms. The summed E-state index contributed by atoms with van der Waals surface area (Å²) in [6.45, 7) is 14.7. The summed E-state index contributed by atoms with van der Waals surface area (Å²) in [6, 6.07) is 19.3. The highest BCUT2D eigenvalue weighted by Gasteiger charge is 2.64. The molecular weight excluding hydrogens is 770 g/mol. The molecule has 4 fully saturated rings. The number of imide groups is 2. The number of nitriles is 1. The molecule has 4 heterocycles. The number of carbonyl (C=O) groups excluding carboxylic acids is 5. The minimum atomic E-state index is -0.975. The molecule has 2 N–H and O–H groups in total. The zero-order chi connectivity index (χ0) is 41.8. The Bertz CT molecular complexity index is 2220. The molecule has 13 nitrogen and oxygen atoms in total. The fourth-order valence-electron chi connectivity index (χ4n) is 10.2. The number of anilines is 2. The third-order valence-corrected chi connectivity index (χ3v) is 13.5. The van der Waals surface area contributed by atoms with Crippen molar-refractivity contribution in [1.82, 2.24) is 20.4 Å². The highest BCUT2D eigenvalue weighted by Crippen LogP contribution is 2.55. The smallest absolute Gasteiger partial charge is 0.262 e. The molecule has 1 atom stereocenters. The molecular formula is C45H50ClN7O6. The summed E-state index contributed by atoms with van der Waals surface area (Å²) in [5.74, 6) is -0.911. The molecule has 0 aromatic heterocycles. The van der Waals surface area contributed by atoms with Gasteiger partial charge >= 0.3 is 0 Å². The number of piperidine rings is 2. The van der Waals surface area contributed by atoms with Gasteiger partial charge < -0.3 is 19.9 Å². The van der Waals surface area contributed by atoms with Gasteiger partial charge in [-0.2, -0.15) is 5.26 Å². The third-order valence-electron chi connectivity index (χ3n) is 13.2. The van der Waals surface area contributed by atoms with E-state index in [2.05, 4.69) is 59.1 Å². The van der Waals surface area contributed by atoms with Crippen molar-refractivity contribution in [2.45, 2.75) is 71.6 Å². The van der Waals surface area contributed by atoms with Crippen LogP contribution in [0.2, 0.25) is 5.02 Å². The van der Waals surface area contributed by atoms with Crippen LogP contribution in [0.4, 0.5) is 11.4 Å². The van der Waals surface area contributed by atoms with Crippen LogP contribution in [-0.4, -0.2) is 103 Å². The number of amides is 5. The molecule has 5 amide bonds. The van der Waals surface area contributed by atoms with Crippen molar-refractivity contribution in [3.63, 3.8) is 0 Å². The Morgan fingerprint density at radius 3 is 2.12 bits per heavy atom. The van der Waals surface area contributed by atoms with Gasteiger partial charge in [-0.3, -0.25) is 39.1 Å². The van der Waals surface area contributed by atoms with Gasteiger partial charge in [-0.25, -0.2) is 0 Å². The summed E-state index contributed by atoms with van der Waals surface area (Å²) in [6.07, 6.45) is 2.20. The maximum atomic E-state index is 13.5. The lowest BCUT2D eigenvalue weighted by molar-refractivity contribution is -0.164. The highest BCUT2D eigenvalue weighted by molar-refractivity contribution is 6.31. The van der Waals surface area contributed by atoms with E-state index in [1.54, 1.807) is 30.3 Å². The van der Waals surface area contributed by atoms with Gasteiger partial charge in [0.2, 0.25) is 11.8 Å². The molecule has 3 aromatic carbocycles. The zero-order valence-electron chi connectivity index (χ0n) is 33.9. The van der Waals surface area contributed by atoms with E-state index in [-0.39, 0.29) is 41.7 Å². The predicted molar refractivity (Wildman–Crippen MR) is 223 cm³/mol. The number of nitrogens with zero attached hydrogens (tertiary/aromatic N) is 5. The van der Waals surface area contributed by atoms with E-state index in [0.29, 0.717) is 38.9 Å². The van der Waals surface area contributed by atoms with Crippen molar-refractivity contribution in [3.8, 4) is 11.8 Å². The molecule has 0 bridgehead atoms. The summed E-state index contributed by atoms with van der Waals surface area (Å²) < 4.78 is 6.38. The number of rotatable bonds is 9. The number of halogens is 1. The number of benzene rings is 3. The van der Waals surface area contributed by atoms with E-state index in [4.69, 9.17) is 16.3 Å². The van der Waals surface area contributed by atoms with E-state index in [1.807, 2.05) is 30.3 Å². The van der Waals surface area contributed by atoms with Gasteiger partial charge in [0, 0.05) is 92.1 Å². The Kier molecular flexibility index (Phi) is 10.7. The van der Waals surface area contributed by atoms with Crippen molar-refractivity contribution < 1.29 is 28.7 Å². The van der Waals surface area contributed by atoms with E-state index in [0.717, 1.165) is 74.9 Å². The number of hydrogen-bond acceptors (Lipinski definition) is 10. The molecule has 59 heavy (non-hydrogen) atoms. The van der Waals surface area contributed by atoms with Gasteiger partial charge in [-0.1, -0.05) is 39.3 Å². The lowest BCUT2D eigenvalue weighted by Gasteiger charge is -2.63. The van der Waals surface area contributed by atoms with E-state index in [9.17, 15) is 29.2 Å². The summed E-state index contributed by atoms with van der Waals surface area (Å²) in [5, 5.41) is 15.1. The lowest BCUT2D eigenvalue weighted by atomic mass is 9.49. The van der Waals surface area contributed by atoms with Crippen molar-refractivity contribution in [3.05, 3.63) is 87.9 Å². The van der Waals surface area contributed by atoms with E-state index >= 15 is 0 Å². The minimum Gasteiger partial charge on any atom is -0.489 e. The number of fused-ring (bicyclic) bond motifs is 1. The summed E-state index contributed by atoms with van der Waals surface area (Å²) in [5.41, 5.74) is 2.91. The standard InChI is InChI=1S/C45H50ClN7O6/c1-44(2)42(45(3,4)43(44)59-32-11-7-29(25-47)35(46)24-32)49-38(55)28-5-8-30(9-6-28)51-17-15-27(16-18-51)26-50-19-21-52(22-20-50)31-10-12-33-34(23-31)41(58)53(40(33)57)36-13-14-37(54)48-39(36)56/h5-12,23-24,27,36,42-43H,13-22,26H2,1-4H3,(H,49,55)(H,48,54,56)/t36?,42-,43-. The second kappa shape index (κ2) is 15.6. The first-order valence-electron chi connectivity index (χ1n) is 20.5. The summed E-state index contributed by atoms with van der Waals surface area (Å²) in [7, 11) is 0. The maximum absolute atomic E-state index is 13.5. The first-order valence-corrected chi connectivity index (χ1v) is 20.9. The van der Waals surface area contributed by atoms with E-state index < -0.39 is 29.7 Å². The molecule has 3 aromatic rings. The minimum absolute atomic E-state index is 0.0902. The van der Waals surface area contributed by atoms with Crippen molar-refractivity contribution in [2.24, 2.45) is 16.7 Å². The Balaban J connectivity index is 0.789. The monoisotopic (exact) mass is 819 g/mol. The molecule has 4 aliphatic heterocycles. The first-order chi connectivity index (χ1) is 28.1. The van der Waals surface area contributed by atoms with Crippen LogP contribution in [0.1, 0.15) is 90.0 Å². The molecule has 308 valence electrons. The second-order valence-corrected chi connectivity index (χ2v) is 18.1. The van der Waals surface area contributed by atoms with Crippen LogP contribution < -0.4 is 25.2 Å². The van der Waals surface area contributed by atoms with Crippen LogP contribution in [0.5, 0.6) is 5.75 Å². The Morgan fingerprint density at radius 1 is 0.831 bits per heavy atom. The van der Waals surface area contributed by atoms with Crippen LogP contribution in [0.25, 0.3) is 0 Å². The van der Waals surface area contributed by atoms with Gasteiger partial charge in [-0.05, 0) is 79.8 Å². The first kappa shape index (κ1) is 40.3. The van der Waals surface area contributed by atoms with Crippen LogP contribution in [-0.2, 0) is 9.59 Å². The SMILES string of the molecule is CC1(C)[C@H](NC(=O)c2ccc(N3CCC(CN4CCN(c5ccc6c(c5)C(=O)N(C5CCC(=O)NC5=O)C6=O)CC4)CC3)cc2)C(C)(C)[C@H]1Oc1ccc(C#N)c(Cl)c1. The van der Waals surface area contributed by atoms with Gasteiger partial charge in [0.05, 0.1) is 21.7 Å². The number of carbonyl (C=O) groups is 5. The maximum Gasteiger partial charge on any atom is 0.262 e. The van der Waals surface area contributed by atoms with Crippen LogP contribution in [0, 0.1) is 28.1 Å². The van der Waals surface area contributed by atoms with Crippen LogP contribution in [0.3, 0.4) is 0 Å². The number of hydrogen-bond donors (Lipinski definition) is 2. The molecule has 1 unspecified atom stereocenters. The number of ether oxygens (including phenoxy) is 1. The quantitative estimate of drug-likeness (QED) is 0.273. The van der Waals surface area contributed by atoms with Gasteiger partial charge in [-0.15, -0.1) is 0 Å². The lowest BCUT2D eigenvalue weighted by Crippen LogP contribution is -2.74. The second-order valence-electron chi connectivity index (χ2n) is 17.7. The highest BCUT2D eigenvalue weighted by atomic mass is 35.5. The summed E-state index contributed by atoms with van der Waals surface area (Å²) in [4.78, 5) is 72.2. The predicted octanol–water partition coefficient (Wildman–Crippen LogP) is 5.26. The topological polar surface area (TPSA) is 155 Å². The Labute approximate surface area is 349 Å². The summed E-state index contributed by atoms with van der Waals surface area (Å²) >= 11 is 6.25. The van der Waals surface area contributed by atoms with Gasteiger partial charge in [0.15, 0.2) is 0 Å². The molecule has 14 heteroatoms. The largest absolute Gasteiger partial charge is 0.489 e. The normalized spacial score (nSPS) is 24.3. The number of nitrogens with one attached hydrogen (secondary N) is 2. The molecule has 8 rings (SSSR count). The number of piperazine rings is 1. The van der Waals surface area contributed by atoms with Gasteiger partial charge in [0.25, 0.3) is 17.7 Å². The Morgan fingerprint density at radius 2 is 1.47 bits per heavy atom. The fraction of sp³-hybridized carbons (Fsp3) is 0.467. The molecule has 0 radical (unpaired) electrons. The van der Waals surface area contributed by atoms with Crippen molar-refractivity contribution in [2.75, 3.05) is 55.6 Å². The molecule has 1 aliphatic carbocycles. The molecule has 1 saturated carbocycles. The molecule has 5 aliphatic rings. The van der Waals surface area contributed by atoms with Crippen molar-refractivity contribution >= 4 is 52.5 Å². The Hall–Kier alpha value is -5.45. The van der Waals surface area contributed by atoms with Crippen molar-refractivity contribution in [1.29, 1.82) is 5.26 Å². The average molecular weight is 820 g/mol. The average Bonchev–Trinajstić information content (AvgIpc) is 3.47.